The van der Waals surface area contributed by atoms with Crippen LogP contribution in [0.1, 0.15) is 13.3 Å². The molecule has 1 aliphatic rings. The Morgan fingerprint density at radius 3 is 2.86 bits per heavy atom. The number of nitrogens with one attached hydrogen (secondary N) is 1. The highest BCUT2D eigenvalue weighted by Crippen LogP contribution is 2.32. The lowest BCUT2D eigenvalue weighted by Gasteiger charge is -2.22. The number of anilines is 1. The second kappa shape index (κ2) is 7.39. The topological polar surface area (TPSA) is 58.4 Å². The van der Waals surface area contributed by atoms with Crippen LogP contribution in [0.25, 0.3) is 0 Å². The van der Waals surface area contributed by atoms with Crippen molar-refractivity contribution < 1.29 is 13.6 Å². The van der Waals surface area contributed by atoms with E-state index in [1.807, 2.05) is 4.90 Å². The summed E-state index contributed by atoms with van der Waals surface area (Å²) in [6.07, 6.45) is 0.967. The van der Waals surface area contributed by atoms with Gasteiger partial charge in [-0.2, -0.15) is 8.78 Å². The van der Waals surface area contributed by atoms with Gasteiger partial charge in [-0.25, -0.2) is 0 Å². The number of likely N-dealkylation sites (tertiary alicyclic amines) is 1. The molecule has 122 valence electrons. The molecular weight excluding hydrogens is 308 g/mol. The number of amides is 1. The molecule has 1 atom stereocenters. The van der Waals surface area contributed by atoms with Gasteiger partial charge < -0.3 is 11.1 Å². The van der Waals surface area contributed by atoms with Gasteiger partial charge in [0, 0.05) is 11.4 Å². The Balaban J connectivity index is 1.93. The van der Waals surface area contributed by atoms with Crippen molar-refractivity contribution in [2.75, 3.05) is 31.5 Å². The average molecular weight is 329 g/mol. The van der Waals surface area contributed by atoms with Crippen LogP contribution in [-0.4, -0.2) is 42.7 Å². The first-order valence-electron chi connectivity index (χ1n) is 7.18. The molecule has 3 N–H and O–H groups in total. The van der Waals surface area contributed by atoms with Crippen LogP contribution in [0.2, 0.25) is 0 Å². The van der Waals surface area contributed by atoms with Crippen molar-refractivity contribution in [3.8, 4) is 0 Å². The Labute approximate surface area is 133 Å². The third kappa shape index (κ3) is 4.66. The van der Waals surface area contributed by atoms with Crippen LogP contribution < -0.4 is 11.1 Å². The van der Waals surface area contributed by atoms with Gasteiger partial charge in [-0.05, 0) is 37.1 Å². The summed E-state index contributed by atoms with van der Waals surface area (Å²) in [7, 11) is 0. The first kappa shape index (κ1) is 17.2. The zero-order valence-electron chi connectivity index (χ0n) is 12.5. The summed E-state index contributed by atoms with van der Waals surface area (Å²) in [4.78, 5) is 14.5. The second-order valence-electron chi connectivity index (χ2n) is 5.90. The van der Waals surface area contributed by atoms with Gasteiger partial charge in [0.25, 0.3) is 5.76 Å². The van der Waals surface area contributed by atoms with Gasteiger partial charge in [0.1, 0.15) is 0 Å². The Morgan fingerprint density at radius 2 is 2.23 bits per heavy atom. The molecule has 0 spiro atoms. The molecule has 1 amide bonds. The van der Waals surface area contributed by atoms with E-state index >= 15 is 0 Å². The van der Waals surface area contributed by atoms with E-state index in [-0.39, 0.29) is 17.9 Å². The first-order valence-corrected chi connectivity index (χ1v) is 8.06. The maximum absolute atomic E-state index is 12.5. The van der Waals surface area contributed by atoms with Crippen LogP contribution in [0.3, 0.4) is 0 Å². The molecule has 2 rings (SSSR count). The largest absolute Gasteiger partial charge is 0.330 e. The number of para-hydroxylation sites is 1. The third-order valence-electron chi connectivity index (χ3n) is 3.87. The number of benzene rings is 1. The van der Waals surface area contributed by atoms with E-state index in [2.05, 4.69) is 12.2 Å². The van der Waals surface area contributed by atoms with Gasteiger partial charge >= 0.3 is 0 Å². The molecular formula is C15H21F2N3OS. The van der Waals surface area contributed by atoms with E-state index in [0.717, 1.165) is 19.5 Å². The first-order chi connectivity index (χ1) is 10.4. The molecule has 1 heterocycles. The van der Waals surface area contributed by atoms with Gasteiger partial charge in [-0.15, -0.1) is 0 Å². The van der Waals surface area contributed by atoms with E-state index in [0.29, 0.717) is 28.9 Å². The van der Waals surface area contributed by atoms with E-state index in [9.17, 15) is 13.6 Å². The maximum Gasteiger partial charge on any atom is 0.288 e. The molecule has 1 aromatic rings. The fourth-order valence-electron chi connectivity index (χ4n) is 2.59. The van der Waals surface area contributed by atoms with Gasteiger partial charge in [-0.3, -0.25) is 9.69 Å². The molecule has 0 aliphatic carbocycles. The van der Waals surface area contributed by atoms with Crippen LogP contribution in [-0.2, 0) is 4.79 Å². The van der Waals surface area contributed by atoms with Crippen LogP contribution in [0, 0.1) is 5.41 Å². The maximum atomic E-state index is 12.5. The number of hydrogen-bond acceptors (Lipinski definition) is 4. The van der Waals surface area contributed by atoms with Crippen molar-refractivity contribution in [1.82, 2.24) is 4.90 Å². The molecule has 1 fully saturated rings. The highest BCUT2D eigenvalue weighted by Gasteiger charge is 2.33. The minimum atomic E-state index is -2.51. The van der Waals surface area contributed by atoms with Crippen molar-refractivity contribution in [3.05, 3.63) is 24.3 Å². The highest BCUT2D eigenvalue weighted by molar-refractivity contribution is 7.99. The van der Waals surface area contributed by atoms with E-state index < -0.39 is 5.76 Å². The summed E-state index contributed by atoms with van der Waals surface area (Å²) in [5, 5.41) is 2.72. The van der Waals surface area contributed by atoms with Crippen LogP contribution >= 0.6 is 11.8 Å². The van der Waals surface area contributed by atoms with Crippen molar-refractivity contribution in [3.63, 3.8) is 0 Å². The minimum Gasteiger partial charge on any atom is -0.330 e. The Kier molecular flexibility index (Phi) is 5.77. The molecule has 4 nitrogen and oxygen atoms in total. The van der Waals surface area contributed by atoms with E-state index in [4.69, 9.17) is 5.73 Å². The molecule has 1 aromatic carbocycles. The average Bonchev–Trinajstić information content (AvgIpc) is 2.82. The predicted molar refractivity (Wildman–Crippen MR) is 85.2 cm³/mol. The van der Waals surface area contributed by atoms with Crippen LogP contribution in [0.15, 0.2) is 29.2 Å². The lowest BCUT2D eigenvalue weighted by Crippen LogP contribution is -2.35. The number of alkyl halides is 2. The SMILES string of the molecule is CC1(CN)CCN(CC(=O)Nc2ccccc2SC(F)F)C1. The van der Waals surface area contributed by atoms with Gasteiger partial charge in [0.15, 0.2) is 0 Å². The number of rotatable bonds is 6. The van der Waals surface area contributed by atoms with E-state index in [1.165, 1.54) is 0 Å². The molecule has 22 heavy (non-hydrogen) atoms. The number of nitrogens with zero attached hydrogens (tertiary/aromatic N) is 1. The Hall–Kier alpha value is -1.18. The normalized spacial score (nSPS) is 22.2. The molecule has 0 saturated carbocycles. The predicted octanol–water partition coefficient (Wildman–Crippen LogP) is 2.61. The summed E-state index contributed by atoms with van der Waals surface area (Å²) in [6, 6.07) is 6.60. The lowest BCUT2D eigenvalue weighted by atomic mass is 9.90. The summed E-state index contributed by atoms with van der Waals surface area (Å²) < 4.78 is 25.0. The summed E-state index contributed by atoms with van der Waals surface area (Å²) in [5.41, 5.74) is 6.24. The number of carbonyl (C=O) groups excluding carboxylic acids is 1. The molecule has 0 aromatic heterocycles. The number of thioether (sulfide) groups is 1. The van der Waals surface area contributed by atoms with Crippen LogP contribution in [0.5, 0.6) is 0 Å². The van der Waals surface area contributed by atoms with Crippen molar-refractivity contribution in [1.29, 1.82) is 0 Å². The molecule has 0 radical (unpaired) electrons. The van der Waals surface area contributed by atoms with Crippen molar-refractivity contribution >= 4 is 23.4 Å². The fraction of sp³-hybridized carbons (Fsp3) is 0.533. The smallest absolute Gasteiger partial charge is 0.288 e. The third-order valence-corrected chi connectivity index (χ3v) is 4.66. The summed E-state index contributed by atoms with van der Waals surface area (Å²) in [6.45, 7) is 4.57. The fourth-order valence-corrected chi connectivity index (χ4v) is 3.18. The number of hydrogen-bond donors (Lipinski definition) is 2. The van der Waals surface area contributed by atoms with Gasteiger partial charge in [0.2, 0.25) is 5.91 Å². The lowest BCUT2D eigenvalue weighted by molar-refractivity contribution is -0.117. The number of carbonyl (C=O) groups is 1. The highest BCUT2D eigenvalue weighted by atomic mass is 32.2. The van der Waals surface area contributed by atoms with Gasteiger partial charge in [0.05, 0.1) is 12.2 Å². The van der Waals surface area contributed by atoms with Crippen molar-refractivity contribution in [2.45, 2.75) is 24.0 Å². The van der Waals surface area contributed by atoms with Crippen LogP contribution in [0.4, 0.5) is 14.5 Å². The molecule has 1 aliphatic heterocycles. The molecule has 1 unspecified atom stereocenters. The Bertz CT molecular complexity index is 529. The zero-order chi connectivity index (χ0) is 16.2. The second-order valence-corrected chi connectivity index (χ2v) is 6.93. The molecule has 7 heteroatoms. The zero-order valence-corrected chi connectivity index (χ0v) is 13.3. The van der Waals surface area contributed by atoms with E-state index in [1.54, 1.807) is 24.3 Å². The van der Waals surface area contributed by atoms with Gasteiger partial charge in [-0.1, -0.05) is 30.8 Å². The quantitative estimate of drug-likeness (QED) is 0.788. The summed E-state index contributed by atoms with van der Waals surface area (Å²) in [5.74, 6) is -2.70. The Morgan fingerprint density at radius 1 is 1.50 bits per heavy atom. The summed E-state index contributed by atoms with van der Waals surface area (Å²) >= 11 is 0.435. The number of nitrogens with two attached hydrogens (primary N) is 1. The number of halogens is 2. The standard InChI is InChI=1S/C15H21F2N3OS/c1-15(9-18)6-7-20(10-15)8-13(21)19-11-4-2-3-5-12(11)22-14(16)17/h2-5,14H,6-10,18H2,1H3,(H,19,21). The minimum absolute atomic E-state index is 0.0592. The van der Waals surface area contributed by atoms with Crippen molar-refractivity contribution in [2.24, 2.45) is 11.1 Å². The molecule has 1 saturated heterocycles. The monoisotopic (exact) mass is 329 g/mol. The molecule has 0 bridgehead atoms.